The largest absolute Gasteiger partial charge is 0.332 e. The second kappa shape index (κ2) is 5.05. The maximum atomic E-state index is 6.19. The number of aromatic nitrogens is 4. The van der Waals surface area contributed by atoms with Crippen molar-refractivity contribution < 1.29 is 4.52 Å². The summed E-state index contributed by atoms with van der Waals surface area (Å²) in [6.45, 7) is 0. The number of rotatable bonds is 2. The molecule has 1 aliphatic rings. The Hall–Kier alpha value is -2.05. The van der Waals surface area contributed by atoms with Gasteiger partial charge in [-0.2, -0.15) is 4.98 Å². The van der Waals surface area contributed by atoms with E-state index in [0.29, 0.717) is 17.4 Å². The van der Waals surface area contributed by atoms with Crippen molar-refractivity contribution in [2.45, 2.75) is 24.8 Å². The molecule has 1 aromatic carbocycles. The molecule has 2 heterocycles. The summed E-state index contributed by atoms with van der Waals surface area (Å²) in [6, 6.07) is 7.66. The second-order valence-corrected chi connectivity index (χ2v) is 5.18. The Kier molecular flexibility index (Phi) is 3.35. The smallest absolute Gasteiger partial charge is 0.278 e. The third-order valence-electron chi connectivity index (χ3n) is 3.78. The van der Waals surface area contributed by atoms with Gasteiger partial charge in [0.1, 0.15) is 5.69 Å². The van der Waals surface area contributed by atoms with E-state index < -0.39 is 5.54 Å². The lowest BCUT2D eigenvalue weighted by Crippen LogP contribution is -2.44. The monoisotopic (exact) mass is 303 g/mol. The summed E-state index contributed by atoms with van der Waals surface area (Å²) in [5, 5.41) is 3.99. The minimum Gasteiger partial charge on any atom is -0.332 e. The van der Waals surface area contributed by atoms with Crippen LogP contribution in [0.1, 0.15) is 25.1 Å². The highest BCUT2D eigenvalue weighted by Gasteiger charge is 2.39. The van der Waals surface area contributed by atoms with E-state index in [1.54, 1.807) is 6.20 Å². The minimum absolute atomic E-state index is 0. The van der Waals surface area contributed by atoms with E-state index in [0.717, 1.165) is 30.3 Å². The average molecular weight is 304 g/mol. The molecule has 6 nitrogen and oxygen atoms in total. The molecule has 0 unspecified atom stereocenters. The van der Waals surface area contributed by atoms with Crippen molar-refractivity contribution in [2.24, 2.45) is 5.73 Å². The Morgan fingerprint density at radius 3 is 2.57 bits per heavy atom. The molecule has 1 aliphatic carbocycles. The zero-order valence-electron chi connectivity index (χ0n) is 11.2. The van der Waals surface area contributed by atoms with Crippen LogP contribution in [0.2, 0.25) is 0 Å². The molecule has 0 bridgehead atoms. The topological polar surface area (TPSA) is 90.7 Å². The number of halogens is 1. The molecule has 0 saturated heterocycles. The van der Waals surface area contributed by atoms with E-state index in [2.05, 4.69) is 20.1 Å². The minimum atomic E-state index is -0.425. The summed E-state index contributed by atoms with van der Waals surface area (Å²) in [6.07, 6.45) is 4.55. The standard InChI is InChI=1S/C14H13N5O.ClH/c15-14(6-3-7-14)13-18-12(20-19-13)11-8-16-9-4-1-2-5-10(9)17-11;/h1-2,4-5,8H,3,6-7,15H2;1H. The number of benzene rings is 1. The molecular weight excluding hydrogens is 290 g/mol. The molecule has 0 atom stereocenters. The Bertz CT molecular complexity index is 784. The van der Waals surface area contributed by atoms with Gasteiger partial charge in [-0.3, -0.25) is 4.98 Å². The summed E-state index contributed by atoms with van der Waals surface area (Å²) in [4.78, 5) is 13.2. The van der Waals surface area contributed by atoms with Crippen molar-refractivity contribution in [1.82, 2.24) is 20.1 Å². The van der Waals surface area contributed by atoms with Crippen molar-refractivity contribution in [3.63, 3.8) is 0 Å². The van der Waals surface area contributed by atoms with Crippen LogP contribution >= 0.6 is 12.4 Å². The third kappa shape index (κ3) is 2.26. The van der Waals surface area contributed by atoms with Gasteiger partial charge in [0.15, 0.2) is 5.82 Å². The maximum absolute atomic E-state index is 6.19. The highest BCUT2D eigenvalue weighted by atomic mass is 35.5. The highest BCUT2D eigenvalue weighted by molar-refractivity contribution is 5.85. The van der Waals surface area contributed by atoms with Gasteiger partial charge >= 0.3 is 0 Å². The van der Waals surface area contributed by atoms with Crippen LogP contribution in [0.3, 0.4) is 0 Å². The lowest BCUT2D eigenvalue weighted by atomic mass is 9.77. The zero-order chi connectivity index (χ0) is 13.6. The van der Waals surface area contributed by atoms with Gasteiger partial charge in [-0.25, -0.2) is 4.98 Å². The summed E-state index contributed by atoms with van der Waals surface area (Å²) in [5.74, 6) is 0.934. The molecule has 4 rings (SSSR count). The van der Waals surface area contributed by atoms with Crippen LogP contribution in [0.15, 0.2) is 35.0 Å². The Labute approximate surface area is 127 Å². The normalized spacial score (nSPS) is 16.2. The first-order valence-electron chi connectivity index (χ1n) is 6.60. The van der Waals surface area contributed by atoms with Gasteiger partial charge in [-0.05, 0) is 31.4 Å². The molecule has 2 N–H and O–H groups in total. The molecule has 7 heteroatoms. The SMILES string of the molecule is Cl.NC1(c2noc(-c3cnc4ccccc4n3)n2)CCC1. The maximum Gasteiger partial charge on any atom is 0.278 e. The van der Waals surface area contributed by atoms with Crippen LogP contribution in [0, 0.1) is 0 Å². The fourth-order valence-electron chi connectivity index (χ4n) is 2.37. The summed E-state index contributed by atoms with van der Waals surface area (Å²) < 4.78 is 5.28. The lowest BCUT2D eigenvalue weighted by Gasteiger charge is -2.34. The predicted octanol–water partition coefficient (Wildman–Crippen LogP) is 2.44. The van der Waals surface area contributed by atoms with Crippen LogP contribution in [0.5, 0.6) is 0 Å². The molecule has 0 radical (unpaired) electrons. The van der Waals surface area contributed by atoms with E-state index in [1.807, 2.05) is 24.3 Å². The van der Waals surface area contributed by atoms with E-state index in [4.69, 9.17) is 10.3 Å². The Morgan fingerprint density at radius 2 is 1.86 bits per heavy atom. The van der Waals surface area contributed by atoms with Crippen LogP contribution < -0.4 is 5.73 Å². The van der Waals surface area contributed by atoms with Crippen molar-refractivity contribution in [2.75, 3.05) is 0 Å². The summed E-state index contributed by atoms with van der Waals surface area (Å²) >= 11 is 0. The van der Waals surface area contributed by atoms with E-state index in [9.17, 15) is 0 Å². The number of nitrogens with zero attached hydrogens (tertiary/aromatic N) is 4. The molecule has 0 aliphatic heterocycles. The van der Waals surface area contributed by atoms with Gasteiger partial charge in [0, 0.05) is 0 Å². The van der Waals surface area contributed by atoms with Gasteiger partial charge in [-0.1, -0.05) is 17.3 Å². The van der Waals surface area contributed by atoms with Crippen molar-refractivity contribution in [3.8, 4) is 11.6 Å². The summed E-state index contributed by atoms with van der Waals surface area (Å²) in [7, 11) is 0. The molecular formula is C14H14ClN5O. The fraction of sp³-hybridized carbons (Fsp3) is 0.286. The van der Waals surface area contributed by atoms with Gasteiger partial charge < -0.3 is 10.3 Å². The number of hydrogen-bond acceptors (Lipinski definition) is 6. The molecule has 108 valence electrons. The van der Waals surface area contributed by atoms with E-state index in [1.165, 1.54) is 0 Å². The average Bonchev–Trinajstić information content (AvgIpc) is 2.94. The van der Waals surface area contributed by atoms with Crippen molar-refractivity contribution in [1.29, 1.82) is 0 Å². The fourth-order valence-corrected chi connectivity index (χ4v) is 2.37. The third-order valence-corrected chi connectivity index (χ3v) is 3.78. The Morgan fingerprint density at radius 1 is 1.10 bits per heavy atom. The molecule has 21 heavy (non-hydrogen) atoms. The van der Waals surface area contributed by atoms with Crippen LogP contribution in [-0.2, 0) is 5.54 Å². The van der Waals surface area contributed by atoms with Crippen molar-refractivity contribution in [3.05, 3.63) is 36.3 Å². The van der Waals surface area contributed by atoms with E-state index >= 15 is 0 Å². The number of fused-ring (bicyclic) bond motifs is 1. The quantitative estimate of drug-likeness (QED) is 0.782. The van der Waals surface area contributed by atoms with Crippen LogP contribution in [0.4, 0.5) is 0 Å². The molecule has 1 saturated carbocycles. The first-order valence-corrected chi connectivity index (χ1v) is 6.60. The van der Waals surface area contributed by atoms with Crippen LogP contribution in [0.25, 0.3) is 22.6 Å². The van der Waals surface area contributed by atoms with Crippen LogP contribution in [-0.4, -0.2) is 20.1 Å². The zero-order valence-corrected chi connectivity index (χ0v) is 12.0. The van der Waals surface area contributed by atoms with E-state index in [-0.39, 0.29) is 12.4 Å². The second-order valence-electron chi connectivity index (χ2n) is 5.18. The first kappa shape index (κ1) is 13.9. The summed E-state index contributed by atoms with van der Waals surface area (Å²) in [5.41, 5.74) is 7.97. The van der Waals surface area contributed by atoms with Crippen molar-refractivity contribution >= 4 is 23.4 Å². The molecule has 0 amide bonds. The van der Waals surface area contributed by atoms with Gasteiger partial charge in [0.05, 0.1) is 22.8 Å². The lowest BCUT2D eigenvalue weighted by molar-refractivity contribution is 0.229. The first-order chi connectivity index (χ1) is 9.74. The van der Waals surface area contributed by atoms with Gasteiger partial charge in [-0.15, -0.1) is 12.4 Å². The molecule has 1 fully saturated rings. The molecule has 2 aromatic heterocycles. The number of nitrogens with two attached hydrogens (primary N) is 1. The van der Waals surface area contributed by atoms with Gasteiger partial charge in [0.25, 0.3) is 5.89 Å². The molecule has 3 aromatic rings. The molecule has 0 spiro atoms. The Balaban J connectivity index is 0.00000132. The predicted molar refractivity (Wildman–Crippen MR) is 79.8 cm³/mol. The highest BCUT2D eigenvalue weighted by Crippen LogP contribution is 2.37. The van der Waals surface area contributed by atoms with Gasteiger partial charge in [0.2, 0.25) is 0 Å². The number of hydrogen-bond donors (Lipinski definition) is 1. The number of para-hydroxylation sites is 2.